The van der Waals surface area contributed by atoms with Crippen molar-refractivity contribution in [2.45, 2.75) is 20.0 Å². The van der Waals surface area contributed by atoms with E-state index in [0.29, 0.717) is 13.1 Å². The van der Waals surface area contributed by atoms with Gasteiger partial charge in [-0.2, -0.15) is 0 Å². The third kappa shape index (κ3) is 2.82. The summed E-state index contributed by atoms with van der Waals surface area (Å²) in [6.07, 6.45) is 0. The lowest BCUT2D eigenvalue weighted by molar-refractivity contribution is 0.415. The number of hydrogen-bond donors (Lipinski definition) is 1. The molecule has 0 amide bonds. The Morgan fingerprint density at radius 2 is 2.05 bits per heavy atom. The topological polar surface area (TPSA) is 66.0 Å². The van der Waals surface area contributed by atoms with E-state index in [1.54, 1.807) is 7.11 Å². The van der Waals surface area contributed by atoms with Crippen LogP contribution in [0.1, 0.15) is 12.6 Å². The summed E-state index contributed by atoms with van der Waals surface area (Å²) in [6.45, 7) is 6.86. The van der Waals surface area contributed by atoms with Crippen LogP contribution in [0, 0.1) is 0 Å². The average Bonchev–Trinajstić information content (AvgIpc) is 2.81. The van der Waals surface area contributed by atoms with Gasteiger partial charge in [0.2, 0.25) is 0 Å². The number of hydrogen-bond acceptors (Lipinski definition) is 4. The van der Waals surface area contributed by atoms with Gasteiger partial charge in [0.25, 0.3) is 0 Å². The normalized spacial score (nSPS) is 10.5. The van der Waals surface area contributed by atoms with E-state index in [2.05, 4.69) is 16.9 Å². The van der Waals surface area contributed by atoms with Crippen LogP contribution in [-0.4, -0.2) is 22.1 Å². The van der Waals surface area contributed by atoms with Crippen LogP contribution in [0.3, 0.4) is 0 Å². The molecule has 0 atom stereocenters. The van der Waals surface area contributed by atoms with Crippen molar-refractivity contribution in [3.05, 3.63) is 42.1 Å². The van der Waals surface area contributed by atoms with Crippen LogP contribution in [-0.2, 0) is 13.1 Å². The molecule has 0 aliphatic carbocycles. The minimum atomic E-state index is 0.359. The van der Waals surface area contributed by atoms with Gasteiger partial charge < -0.3 is 10.5 Å². The van der Waals surface area contributed by atoms with Crippen molar-refractivity contribution in [1.82, 2.24) is 15.0 Å². The van der Waals surface area contributed by atoms with E-state index in [-0.39, 0.29) is 0 Å². The van der Waals surface area contributed by atoms with Crippen molar-refractivity contribution in [3.63, 3.8) is 0 Å². The zero-order chi connectivity index (χ0) is 13.8. The lowest BCUT2D eigenvalue weighted by Crippen LogP contribution is -2.05. The molecular formula is C14H18N4O. The van der Waals surface area contributed by atoms with Crippen molar-refractivity contribution in [1.29, 1.82) is 0 Å². The molecule has 1 aromatic heterocycles. The molecule has 0 unspecified atom stereocenters. The molecule has 2 N–H and O–H groups in total. The summed E-state index contributed by atoms with van der Waals surface area (Å²) in [5.41, 5.74) is 9.48. The summed E-state index contributed by atoms with van der Waals surface area (Å²) in [5.74, 6) is 0.817. The number of ether oxygens (including phenoxy) is 1. The Hall–Kier alpha value is -2.14. The van der Waals surface area contributed by atoms with Gasteiger partial charge in [-0.3, -0.25) is 0 Å². The molecule has 1 aromatic carbocycles. The van der Waals surface area contributed by atoms with Gasteiger partial charge in [-0.05, 0) is 31.2 Å². The first-order valence-electron chi connectivity index (χ1n) is 6.07. The number of nitrogens with zero attached hydrogens (tertiary/aromatic N) is 3. The molecule has 0 aliphatic heterocycles. The Morgan fingerprint density at radius 3 is 2.58 bits per heavy atom. The molecule has 0 saturated heterocycles. The van der Waals surface area contributed by atoms with Crippen LogP contribution in [0.5, 0.6) is 5.75 Å². The van der Waals surface area contributed by atoms with E-state index < -0.39 is 0 Å². The summed E-state index contributed by atoms with van der Waals surface area (Å²) in [6, 6.07) is 7.78. The minimum absolute atomic E-state index is 0.359. The van der Waals surface area contributed by atoms with Gasteiger partial charge in [-0.25, -0.2) is 4.68 Å². The lowest BCUT2D eigenvalue weighted by atomic mass is 10.1. The Bertz CT molecular complexity index is 572. The van der Waals surface area contributed by atoms with Gasteiger partial charge in [0.1, 0.15) is 11.4 Å². The fraction of sp³-hybridized carbons (Fsp3) is 0.286. The summed E-state index contributed by atoms with van der Waals surface area (Å²) in [4.78, 5) is 0. The number of allylic oxidation sites excluding steroid dienone is 1. The van der Waals surface area contributed by atoms with Crippen LogP contribution in [0.2, 0.25) is 0 Å². The standard InChI is InChI=1S/C14H18N4O/c1-10(2)9-18-14(13(8-15)16-17-18)11-4-6-12(19-3)7-5-11/h4-7H,1,8-9,15H2,2-3H3. The zero-order valence-corrected chi connectivity index (χ0v) is 11.3. The molecule has 0 spiro atoms. The fourth-order valence-corrected chi connectivity index (χ4v) is 1.92. The highest BCUT2D eigenvalue weighted by Crippen LogP contribution is 2.25. The van der Waals surface area contributed by atoms with Crippen molar-refractivity contribution >= 4 is 0 Å². The number of aromatic nitrogens is 3. The Balaban J connectivity index is 2.45. The second-order valence-electron chi connectivity index (χ2n) is 4.43. The van der Waals surface area contributed by atoms with Crippen LogP contribution in [0.15, 0.2) is 36.4 Å². The predicted molar refractivity (Wildman–Crippen MR) is 74.7 cm³/mol. The van der Waals surface area contributed by atoms with E-state index in [1.807, 2.05) is 35.9 Å². The van der Waals surface area contributed by atoms with Gasteiger partial charge in [0, 0.05) is 12.1 Å². The van der Waals surface area contributed by atoms with Crippen LogP contribution in [0.4, 0.5) is 0 Å². The molecule has 2 aromatic rings. The highest BCUT2D eigenvalue weighted by atomic mass is 16.5. The first-order valence-corrected chi connectivity index (χ1v) is 6.07. The molecule has 0 bridgehead atoms. The predicted octanol–water partition coefficient (Wildman–Crippen LogP) is 1.99. The highest BCUT2D eigenvalue weighted by molar-refractivity contribution is 5.62. The van der Waals surface area contributed by atoms with Crippen molar-refractivity contribution in [2.24, 2.45) is 5.73 Å². The number of methoxy groups -OCH3 is 1. The van der Waals surface area contributed by atoms with Gasteiger partial charge >= 0.3 is 0 Å². The third-order valence-corrected chi connectivity index (χ3v) is 2.78. The number of benzene rings is 1. The molecule has 100 valence electrons. The minimum Gasteiger partial charge on any atom is -0.497 e. The fourth-order valence-electron chi connectivity index (χ4n) is 1.92. The van der Waals surface area contributed by atoms with E-state index in [1.165, 1.54) is 0 Å². The van der Waals surface area contributed by atoms with Crippen LogP contribution < -0.4 is 10.5 Å². The quantitative estimate of drug-likeness (QED) is 0.833. The molecule has 2 rings (SSSR count). The Morgan fingerprint density at radius 1 is 1.37 bits per heavy atom. The van der Waals surface area contributed by atoms with E-state index in [9.17, 15) is 0 Å². The second-order valence-corrected chi connectivity index (χ2v) is 4.43. The molecule has 0 radical (unpaired) electrons. The van der Waals surface area contributed by atoms with Crippen LogP contribution >= 0.6 is 0 Å². The van der Waals surface area contributed by atoms with E-state index in [4.69, 9.17) is 10.5 Å². The molecule has 0 saturated carbocycles. The smallest absolute Gasteiger partial charge is 0.118 e. The molecule has 1 heterocycles. The van der Waals surface area contributed by atoms with Gasteiger partial charge in [0.15, 0.2) is 0 Å². The molecule has 5 heteroatoms. The molecular weight excluding hydrogens is 240 g/mol. The van der Waals surface area contributed by atoms with Crippen LogP contribution in [0.25, 0.3) is 11.3 Å². The van der Waals surface area contributed by atoms with Gasteiger partial charge in [-0.15, -0.1) is 5.10 Å². The maximum Gasteiger partial charge on any atom is 0.118 e. The Labute approximate surface area is 112 Å². The zero-order valence-electron chi connectivity index (χ0n) is 11.3. The van der Waals surface area contributed by atoms with E-state index >= 15 is 0 Å². The number of nitrogens with two attached hydrogens (primary N) is 1. The summed E-state index contributed by atoms with van der Waals surface area (Å²) >= 11 is 0. The highest BCUT2D eigenvalue weighted by Gasteiger charge is 2.13. The third-order valence-electron chi connectivity index (χ3n) is 2.78. The summed E-state index contributed by atoms with van der Waals surface area (Å²) in [7, 11) is 1.65. The monoisotopic (exact) mass is 258 g/mol. The van der Waals surface area contributed by atoms with Crippen molar-refractivity contribution < 1.29 is 4.74 Å². The second kappa shape index (κ2) is 5.67. The molecule has 0 fully saturated rings. The number of rotatable bonds is 5. The van der Waals surface area contributed by atoms with E-state index in [0.717, 1.165) is 28.3 Å². The average molecular weight is 258 g/mol. The summed E-state index contributed by atoms with van der Waals surface area (Å²) < 4.78 is 6.99. The largest absolute Gasteiger partial charge is 0.497 e. The van der Waals surface area contributed by atoms with Gasteiger partial charge in [0.05, 0.1) is 19.3 Å². The maximum absolute atomic E-state index is 5.73. The molecule has 19 heavy (non-hydrogen) atoms. The summed E-state index contributed by atoms with van der Waals surface area (Å²) in [5, 5.41) is 8.26. The SMILES string of the molecule is C=C(C)Cn1nnc(CN)c1-c1ccc(OC)cc1. The Kier molecular flexibility index (Phi) is 3.97. The van der Waals surface area contributed by atoms with Crippen molar-refractivity contribution in [3.8, 4) is 17.0 Å². The van der Waals surface area contributed by atoms with Crippen molar-refractivity contribution in [2.75, 3.05) is 7.11 Å². The van der Waals surface area contributed by atoms with Gasteiger partial charge in [-0.1, -0.05) is 17.4 Å². The first-order chi connectivity index (χ1) is 9.15. The molecule has 5 nitrogen and oxygen atoms in total. The lowest BCUT2D eigenvalue weighted by Gasteiger charge is -2.08. The first kappa shape index (κ1) is 13.3. The molecule has 0 aliphatic rings. The maximum atomic E-state index is 5.73.